The Kier molecular flexibility index (Phi) is 2.62. The van der Waals surface area contributed by atoms with Crippen molar-refractivity contribution in [1.29, 1.82) is 0 Å². The van der Waals surface area contributed by atoms with Crippen molar-refractivity contribution in [2.75, 3.05) is 5.73 Å². The maximum Gasteiger partial charge on any atom is 0.230 e. The first kappa shape index (κ1) is 11.3. The van der Waals surface area contributed by atoms with Crippen molar-refractivity contribution < 1.29 is 4.52 Å². The molecule has 0 bridgehead atoms. The molecule has 0 radical (unpaired) electrons. The third kappa shape index (κ3) is 2.01. The van der Waals surface area contributed by atoms with E-state index in [-0.39, 0.29) is 0 Å². The smallest absolute Gasteiger partial charge is 0.230 e. The van der Waals surface area contributed by atoms with Gasteiger partial charge in [-0.2, -0.15) is 0 Å². The third-order valence-corrected chi connectivity index (χ3v) is 3.76. The number of hydrogen-bond donors (Lipinski definition) is 1. The fourth-order valence-corrected chi connectivity index (χ4v) is 2.28. The zero-order valence-electron chi connectivity index (χ0n) is 10.9. The lowest BCUT2D eigenvalue weighted by Gasteiger charge is -2.05. The van der Waals surface area contributed by atoms with Gasteiger partial charge in [-0.05, 0) is 55.7 Å². The highest BCUT2D eigenvalue weighted by Gasteiger charge is 2.26. The number of aryl methyl sites for hydroxylation is 2. The minimum atomic E-state index is 0.439. The van der Waals surface area contributed by atoms with E-state index in [4.69, 9.17) is 10.3 Å². The van der Waals surface area contributed by atoms with Gasteiger partial charge in [0.05, 0.1) is 11.3 Å². The molecule has 0 spiro atoms. The molecule has 0 atom stereocenters. The summed E-state index contributed by atoms with van der Waals surface area (Å²) < 4.78 is 5.18. The van der Waals surface area contributed by atoms with Crippen LogP contribution in [0.4, 0.5) is 5.88 Å². The number of hydrogen-bond acceptors (Lipinski definition) is 3. The maximum atomic E-state index is 5.93. The minimum absolute atomic E-state index is 0.439. The Morgan fingerprint density at radius 2 is 2.06 bits per heavy atom. The Morgan fingerprint density at radius 1 is 1.28 bits per heavy atom. The summed E-state index contributed by atoms with van der Waals surface area (Å²) in [7, 11) is 0. The van der Waals surface area contributed by atoms with E-state index in [2.05, 4.69) is 37.2 Å². The van der Waals surface area contributed by atoms with Crippen LogP contribution in [0.25, 0.3) is 11.1 Å². The molecule has 0 amide bonds. The van der Waals surface area contributed by atoms with E-state index in [0.717, 1.165) is 29.2 Å². The summed E-state index contributed by atoms with van der Waals surface area (Å²) in [5.74, 6) is 1.22. The molecule has 1 saturated carbocycles. The first-order valence-electron chi connectivity index (χ1n) is 6.47. The van der Waals surface area contributed by atoms with Gasteiger partial charge in [-0.1, -0.05) is 23.4 Å². The second-order valence-corrected chi connectivity index (χ2v) is 5.32. The van der Waals surface area contributed by atoms with Crippen molar-refractivity contribution in [3.8, 4) is 11.1 Å². The molecule has 0 unspecified atom stereocenters. The fraction of sp³-hybridized carbons (Fsp3) is 0.400. The highest BCUT2D eigenvalue weighted by Crippen LogP contribution is 2.37. The Labute approximate surface area is 107 Å². The van der Waals surface area contributed by atoms with Gasteiger partial charge in [-0.3, -0.25) is 0 Å². The number of rotatable bonds is 3. The van der Waals surface area contributed by atoms with Gasteiger partial charge in [0.15, 0.2) is 0 Å². The largest absolute Gasteiger partial charge is 0.367 e. The van der Waals surface area contributed by atoms with Crippen LogP contribution in [0.2, 0.25) is 0 Å². The van der Waals surface area contributed by atoms with E-state index in [9.17, 15) is 0 Å². The summed E-state index contributed by atoms with van der Waals surface area (Å²) in [5.41, 5.74) is 11.6. The maximum absolute atomic E-state index is 5.93. The molecule has 3 rings (SSSR count). The van der Waals surface area contributed by atoms with Gasteiger partial charge in [-0.15, -0.1) is 0 Å². The van der Waals surface area contributed by atoms with Crippen LogP contribution in [0.15, 0.2) is 22.7 Å². The molecule has 1 aromatic carbocycles. The van der Waals surface area contributed by atoms with Gasteiger partial charge in [0, 0.05) is 0 Å². The minimum Gasteiger partial charge on any atom is -0.367 e. The Balaban J connectivity index is 2.03. The molecule has 0 aliphatic heterocycles. The van der Waals surface area contributed by atoms with E-state index < -0.39 is 0 Å². The van der Waals surface area contributed by atoms with Gasteiger partial charge in [-0.25, -0.2) is 0 Å². The molecule has 1 aliphatic carbocycles. The van der Waals surface area contributed by atoms with Crippen LogP contribution < -0.4 is 5.73 Å². The molecule has 18 heavy (non-hydrogen) atoms. The zero-order chi connectivity index (χ0) is 12.7. The van der Waals surface area contributed by atoms with Crippen LogP contribution in [-0.4, -0.2) is 5.16 Å². The molecule has 3 nitrogen and oxygen atoms in total. The van der Waals surface area contributed by atoms with E-state index >= 15 is 0 Å². The van der Waals surface area contributed by atoms with Crippen LogP contribution in [-0.2, 0) is 6.42 Å². The molecule has 2 N–H and O–H groups in total. The van der Waals surface area contributed by atoms with Crippen molar-refractivity contribution in [3.63, 3.8) is 0 Å². The number of benzene rings is 1. The van der Waals surface area contributed by atoms with Gasteiger partial charge < -0.3 is 10.3 Å². The molecular weight excluding hydrogens is 224 g/mol. The normalized spacial score (nSPS) is 15.0. The summed E-state index contributed by atoms with van der Waals surface area (Å²) in [6, 6.07) is 6.38. The lowest BCUT2D eigenvalue weighted by Crippen LogP contribution is -1.93. The molecule has 1 aromatic heterocycles. The van der Waals surface area contributed by atoms with Crippen molar-refractivity contribution >= 4 is 5.88 Å². The average Bonchev–Trinajstić information content (AvgIpc) is 3.07. The summed E-state index contributed by atoms with van der Waals surface area (Å²) >= 11 is 0. The molecule has 0 saturated heterocycles. The van der Waals surface area contributed by atoms with Gasteiger partial charge in [0.2, 0.25) is 5.88 Å². The van der Waals surface area contributed by atoms with Crippen LogP contribution in [0.5, 0.6) is 0 Å². The topological polar surface area (TPSA) is 52.0 Å². The lowest BCUT2D eigenvalue weighted by molar-refractivity contribution is 0.426. The van der Waals surface area contributed by atoms with Crippen molar-refractivity contribution in [2.45, 2.75) is 33.1 Å². The summed E-state index contributed by atoms with van der Waals surface area (Å²) in [4.78, 5) is 0. The highest BCUT2D eigenvalue weighted by molar-refractivity contribution is 5.75. The zero-order valence-corrected chi connectivity index (χ0v) is 10.9. The van der Waals surface area contributed by atoms with Crippen LogP contribution in [0.3, 0.4) is 0 Å². The van der Waals surface area contributed by atoms with Gasteiger partial charge in [0.1, 0.15) is 0 Å². The number of nitrogen functional groups attached to an aromatic ring is 1. The summed E-state index contributed by atoms with van der Waals surface area (Å²) in [6.07, 6.45) is 3.60. The number of nitrogens with zero attached hydrogens (tertiary/aromatic N) is 1. The van der Waals surface area contributed by atoms with Gasteiger partial charge in [0.25, 0.3) is 0 Å². The van der Waals surface area contributed by atoms with E-state index in [1.54, 1.807) is 0 Å². The second-order valence-electron chi connectivity index (χ2n) is 5.32. The molecule has 1 fully saturated rings. The lowest BCUT2D eigenvalue weighted by atomic mass is 9.98. The molecule has 1 heterocycles. The first-order chi connectivity index (χ1) is 8.65. The summed E-state index contributed by atoms with van der Waals surface area (Å²) in [6.45, 7) is 4.23. The highest BCUT2D eigenvalue weighted by atomic mass is 16.5. The Hall–Kier alpha value is -1.77. The fourth-order valence-electron chi connectivity index (χ4n) is 2.28. The number of nitrogens with two attached hydrogens (primary N) is 1. The van der Waals surface area contributed by atoms with Crippen molar-refractivity contribution in [3.05, 3.63) is 35.0 Å². The number of aromatic nitrogens is 1. The quantitative estimate of drug-likeness (QED) is 0.896. The average molecular weight is 242 g/mol. The molecule has 1 aliphatic rings. The predicted octanol–water partition coefficient (Wildman–Crippen LogP) is 3.49. The first-order valence-corrected chi connectivity index (χ1v) is 6.47. The van der Waals surface area contributed by atoms with E-state index in [1.165, 1.54) is 24.0 Å². The molecule has 2 aromatic rings. The predicted molar refractivity (Wildman–Crippen MR) is 72.3 cm³/mol. The van der Waals surface area contributed by atoms with Crippen molar-refractivity contribution in [2.24, 2.45) is 5.92 Å². The summed E-state index contributed by atoms with van der Waals surface area (Å²) in [5, 5.41) is 4.12. The molecular formula is C15H18N2O. The SMILES string of the molecule is Cc1ccc(-c2c(CC3CC3)noc2N)cc1C. The molecule has 3 heteroatoms. The van der Waals surface area contributed by atoms with E-state index in [1.807, 2.05) is 0 Å². The van der Waals surface area contributed by atoms with Crippen LogP contribution in [0.1, 0.15) is 29.7 Å². The standard InChI is InChI=1S/C15H18N2O/c1-9-3-6-12(7-10(9)2)14-13(8-11-4-5-11)17-18-15(14)16/h3,6-7,11H,4-5,8,16H2,1-2H3. The van der Waals surface area contributed by atoms with Crippen molar-refractivity contribution in [1.82, 2.24) is 5.16 Å². The van der Waals surface area contributed by atoms with Gasteiger partial charge >= 0.3 is 0 Å². The third-order valence-electron chi connectivity index (χ3n) is 3.76. The van der Waals surface area contributed by atoms with Crippen LogP contribution >= 0.6 is 0 Å². The van der Waals surface area contributed by atoms with Crippen LogP contribution in [0, 0.1) is 19.8 Å². The van der Waals surface area contributed by atoms with E-state index in [0.29, 0.717) is 5.88 Å². The number of anilines is 1. The second kappa shape index (κ2) is 4.16. The Morgan fingerprint density at radius 3 is 2.72 bits per heavy atom. The molecule has 94 valence electrons. The Bertz CT molecular complexity index is 582. The monoisotopic (exact) mass is 242 g/mol.